The van der Waals surface area contributed by atoms with Gasteiger partial charge in [0.25, 0.3) is 0 Å². The van der Waals surface area contributed by atoms with Crippen LogP contribution in [-0.4, -0.2) is 20.9 Å². The largest absolute Gasteiger partial charge is 0.329 e. The van der Waals surface area contributed by atoms with Crippen LogP contribution in [0.15, 0.2) is 27.9 Å². The van der Waals surface area contributed by atoms with Crippen molar-refractivity contribution in [3.05, 3.63) is 28.7 Å². The number of nitrogens with one attached hydrogen (secondary N) is 1. The number of thiol groups is 1. The van der Waals surface area contributed by atoms with E-state index < -0.39 is 11.9 Å². The molecule has 0 spiro atoms. The standard InChI is InChI=1S/C13H13N3O3S/c1-15-10-6-7(20)2-3-8(10)16(13(15)19)9-4-5-11(17)14-12(9)18/h2-3,6,9,20H,4-5H2,1H3,(H,14,17,18). The molecular formula is C13H13N3O3S. The number of amides is 2. The second-order valence-electron chi connectivity index (χ2n) is 4.85. The highest BCUT2D eigenvalue weighted by molar-refractivity contribution is 7.80. The van der Waals surface area contributed by atoms with Crippen molar-refractivity contribution in [2.75, 3.05) is 0 Å². The van der Waals surface area contributed by atoms with E-state index in [1.165, 1.54) is 9.13 Å². The molecule has 7 heteroatoms. The van der Waals surface area contributed by atoms with Crippen molar-refractivity contribution in [2.45, 2.75) is 23.8 Å². The third-order valence-electron chi connectivity index (χ3n) is 3.59. The van der Waals surface area contributed by atoms with Crippen LogP contribution in [0.1, 0.15) is 18.9 Å². The second-order valence-corrected chi connectivity index (χ2v) is 5.37. The average Bonchev–Trinajstić information content (AvgIpc) is 2.63. The number of imide groups is 1. The Balaban J connectivity index is 2.21. The molecule has 3 rings (SSSR count). The fraction of sp³-hybridized carbons (Fsp3) is 0.308. The van der Waals surface area contributed by atoms with E-state index in [9.17, 15) is 14.4 Å². The van der Waals surface area contributed by atoms with Crippen LogP contribution in [-0.2, 0) is 16.6 Å². The minimum absolute atomic E-state index is 0.240. The lowest BCUT2D eigenvalue weighted by Gasteiger charge is -2.21. The Morgan fingerprint density at radius 3 is 2.70 bits per heavy atom. The van der Waals surface area contributed by atoms with Gasteiger partial charge in [0, 0.05) is 18.4 Å². The van der Waals surface area contributed by atoms with Crippen molar-refractivity contribution in [3.63, 3.8) is 0 Å². The lowest BCUT2D eigenvalue weighted by molar-refractivity contribution is -0.135. The predicted octanol–water partition coefficient (Wildman–Crippen LogP) is 0.606. The van der Waals surface area contributed by atoms with Crippen LogP contribution < -0.4 is 11.0 Å². The van der Waals surface area contributed by atoms with Gasteiger partial charge in [0.15, 0.2) is 0 Å². The van der Waals surface area contributed by atoms with Crippen molar-refractivity contribution in [3.8, 4) is 0 Å². The van der Waals surface area contributed by atoms with E-state index >= 15 is 0 Å². The van der Waals surface area contributed by atoms with Crippen LogP contribution in [0.4, 0.5) is 0 Å². The number of carbonyl (C=O) groups excluding carboxylic acids is 2. The summed E-state index contributed by atoms with van der Waals surface area (Å²) in [6, 6.07) is 4.67. The second kappa shape index (κ2) is 4.52. The van der Waals surface area contributed by atoms with Crippen molar-refractivity contribution < 1.29 is 9.59 Å². The topological polar surface area (TPSA) is 73.1 Å². The number of aryl methyl sites for hydroxylation is 1. The first-order chi connectivity index (χ1) is 9.49. The molecule has 6 nitrogen and oxygen atoms in total. The molecule has 104 valence electrons. The van der Waals surface area contributed by atoms with Crippen molar-refractivity contribution in [2.24, 2.45) is 7.05 Å². The molecule has 1 unspecified atom stereocenters. The van der Waals surface area contributed by atoms with E-state index in [1.54, 1.807) is 25.2 Å². The Morgan fingerprint density at radius 1 is 1.25 bits per heavy atom. The van der Waals surface area contributed by atoms with Gasteiger partial charge in [0.2, 0.25) is 11.8 Å². The van der Waals surface area contributed by atoms with Crippen LogP contribution in [0.5, 0.6) is 0 Å². The number of hydrogen-bond acceptors (Lipinski definition) is 4. The summed E-state index contributed by atoms with van der Waals surface area (Å²) >= 11 is 4.26. The SMILES string of the molecule is Cn1c(=O)n(C2CCC(=O)NC2=O)c2ccc(S)cc21. The summed E-state index contributed by atoms with van der Waals surface area (Å²) in [6.45, 7) is 0. The van der Waals surface area contributed by atoms with Crippen molar-refractivity contribution >= 4 is 35.5 Å². The maximum atomic E-state index is 12.4. The van der Waals surface area contributed by atoms with Gasteiger partial charge in [-0.2, -0.15) is 0 Å². The number of fused-ring (bicyclic) bond motifs is 1. The summed E-state index contributed by atoms with van der Waals surface area (Å²) in [6.07, 6.45) is 0.580. The zero-order valence-electron chi connectivity index (χ0n) is 10.8. The maximum absolute atomic E-state index is 12.4. The minimum atomic E-state index is -0.644. The predicted molar refractivity (Wildman–Crippen MR) is 75.9 cm³/mol. The molecule has 2 heterocycles. The first-order valence-electron chi connectivity index (χ1n) is 6.22. The monoisotopic (exact) mass is 291 g/mol. The van der Waals surface area contributed by atoms with Gasteiger partial charge in [-0.3, -0.25) is 24.0 Å². The van der Waals surface area contributed by atoms with Crippen LogP contribution in [0.3, 0.4) is 0 Å². The molecule has 0 saturated carbocycles. The Hall–Kier alpha value is -2.02. The van der Waals surface area contributed by atoms with Crippen LogP contribution >= 0.6 is 12.6 Å². The number of benzene rings is 1. The number of aromatic nitrogens is 2. The fourth-order valence-corrected chi connectivity index (χ4v) is 2.78. The van der Waals surface area contributed by atoms with Gasteiger partial charge in [-0.25, -0.2) is 4.79 Å². The zero-order valence-corrected chi connectivity index (χ0v) is 11.7. The number of nitrogens with zero attached hydrogens (tertiary/aromatic N) is 2. The number of hydrogen-bond donors (Lipinski definition) is 2. The van der Waals surface area contributed by atoms with Crippen molar-refractivity contribution in [1.29, 1.82) is 0 Å². The molecule has 0 bridgehead atoms. The van der Waals surface area contributed by atoms with Gasteiger partial charge >= 0.3 is 5.69 Å². The number of rotatable bonds is 1. The number of imidazole rings is 1. The molecule has 1 atom stereocenters. The highest BCUT2D eigenvalue weighted by atomic mass is 32.1. The average molecular weight is 291 g/mol. The molecule has 1 aliphatic rings. The fourth-order valence-electron chi connectivity index (χ4n) is 2.58. The minimum Gasteiger partial charge on any atom is -0.295 e. The van der Waals surface area contributed by atoms with E-state index in [0.717, 1.165) is 4.90 Å². The molecule has 0 aliphatic carbocycles. The molecule has 1 saturated heterocycles. The smallest absolute Gasteiger partial charge is 0.295 e. The van der Waals surface area contributed by atoms with E-state index in [2.05, 4.69) is 17.9 Å². The molecular weight excluding hydrogens is 278 g/mol. The molecule has 1 N–H and O–H groups in total. The molecule has 1 aliphatic heterocycles. The summed E-state index contributed by atoms with van der Waals surface area (Å²) < 4.78 is 2.93. The van der Waals surface area contributed by atoms with Gasteiger partial charge in [0.1, 0.15) is 6.04 Å². The van der Waals surface area contributed by atoms with E-state index in [4.69, 9.17) is 0 Å². The molecule has 2 amide bonds. The van der Waals surface area contributed by atoms with Gasteiger partial charge in [-0.15, -0.1) is 12.6 Å². The maximum Gasteiger partial charge on any atom is 0.329 e. The normalized spacial score (nSPS) is 19.4. The van der Waals surface area contributed by atoms with Crippen molar-refractivity contribution in [1.82, 2.24) is 14.5 Å². The Bertz CT molecular complexity index is 790. The molecule has 1 fully saturated rings. The molecule has 2 aromatic rings. The highest BCUT2D eigenvalue weighted by Crippen LogP contribution is 2.24. The summed E-state index contributed by atoms with van der Waals surface area (Å²) in [5, 5.41) is 2.28. The third kappa shape index (κ3) is 1.85. The highest BCUT2D eigenvalue weighted by Gasteiger charge is 2.31. The molecule has 1 aromatic heterocycles. The van der Waals surface area contributed by atoms with Gasteiger partial charge in [0.05, 0.1) is 11.0 Å². The Labute approximate surface area is 119 Å². The molecule has 20 heavy (non-hydrogen) atoms. The first kappa shape index (κ1) is 13.0. The Morgan fingerprint density at radius 2 is 2.00 bits per heavy atom. The number of piperidine rings is 1. The summed E-state index contributed by atoms with van der Waals surface area (Å²) in [7, 11) is 1.65. The van der Waals surface area contributed by atoms with Crippen LogP contribution in [0.25, 0.3) is 11.0 Å². The van der Waals surface area contributed by atoms with E-state index in [-0.39, 0.29) is 18.0 Å². The molecule has 1 aromatic carbocycles. The third-order valence-corrected chi connectivity index (χ3v) is 3.87. The summed E-state index contributed by atoms with van der Waals surface area (Å²) in [4.78, 5) is 36.3. The van der Waals surface area contributed by atoms with E-state index in [1.807, 2.05) is 0 Å². The Kier molecular flexibility index (Phi) is 2.93. The lowest BCUT2D eigenvalue weighted by atomic mass is 10.1. The molecule has 0 radical (unpaired) electrons. The summed E-state index contributed by atoms with van der Waals surface area (Å²) in [5.74, 6) is -0.719. The first-order valence-corrected chi connectivity index (χ1v) is 6.67. The van der Waals surface area contributed by atoms with Gasteiger partial charge in [-0.05, 0) is 24.6 Å². The van der Waals surface area contributed by atoms with Crippen LogP contribution in [0.2, 0.25) is 0 Å². The van der Waals surface area contributed by atoms with Crippen LogP contribution in [0, 0.1) is 0 Å². The van der Waals surface area contributed by atoms with Gasteiger partial charge in [-0.1, -0.05) is 0 Å². The zero-order chi connectivity index (χ0) is 14.4. The van der Waals surface area contributed by atoms with E-state index in [0.29, 0.717) is 17.5 Å². The number of carbonyl (C=O) groups is 2. The quantitative estimate of drug-likeness (QED) is 0.597. The summed E-state index contributed by atoms with van der Waals surface area (Å²) in [5.41, 5.74) is 1.12. The lowest BCUT2D eigenvalue weighted by Crippen LogP contribution is -2.44. The van der Waals surface area contributed by atoms with Gasteiger partial charge < -0.3 is 0 Å².